The number of rotatable bonds is 9. The van der Waals surface area contributed by atoms with Crippen LogP contribution in [0, 0.1) is 12.8 Å². The fraction of sp³-hybridized carbons (Fsp3) is 0.469. The molecule has 1 fully saturated rings. The van der Waals surface area contributed by atoms with Crippen LogP contribution in [0.4, 0.5) is 0 Å². The van der Waals surface area contributed by atoms with Crippen molar-refractivity contribution in [2.45, 2.75) is 66.3 Å². The minimum absolute atomic E-state index is 0.0173. The first-order valence-corrected chi connectivity index (χ1v) is 13.6. The van der Waals surface area contributed by atoms with E-state index < -0.39 is 0 Å². The molecule has 0 amide bonds. The van der Waals surface area contributed by atoms with Crippen LogP contribution in [0.3, 0.4) is 0 Å². The molecule has 1 aromatic rings. The number of hydrogen-bond donors (Lipinski definition) is 0. The Morgan fingerprint density at radius 2 is 1.86 bits per heavy atom. The molecule has 1 aliphatic carbocycles. The SMILES string of the molecule is C=C1C2=CC3=C(CCC(=O)C3CC)C(=C)N2C/C1=C/c1c(C)ccc(OC)c1CN(CCC)CCC. The smallest absolute Gasteiger partial charge is 0.140 e. The van der Waals surface area contributed by atoms with Gasteiger partial charge >= 0.3 is 0 Å². The molecule has 2 heterocycles. The van der Waals surface area contributed by atoms with Crippen LogP contribution in [-0.2, 0) is 11.3 Å². The van der Waals surface area contributed by atoms with Gasteiger partial charge in [-0.1, -0.05) is 40.0 Å². The van der Waals surface area contributed by atoms with Gasteiger partial charge in [-0.2, -0.15) is 0 Å². The van der Waals surface area contributed by atoms with Gasteiger partial charge in [0.2, 0.25) is 0 Å². The number of ketones is 1. The van der Waals surface area contributed by atoms with E-state index in [1.807, 2.05) is 0 Å². The fourth-order valence-corrected chi connectivity index (χ4v) is 6.04. The van der Waals surface area contributed by atoms with Crippen molar-refractivity contribution in [3.63, 3.8) is 0 Å². The Labute approximate surface area is 217 Å². The van der Waals surface area contributed by atoms with Gasteiger partial charge in [-0.05, 0) is 97.3 Å². The molecule has 36 heavy (non-hydrogen) atoms. The topological polar surface area (TPSA) is 32.8 Å². The Bertz CT molecular complexity index is 1160. The number of ether oxygens (including phenoxy) is 1. The average molecular weight is 487 g/mol. The summed E-state index contributed by atoms with van der Waals surface area (Å²) in [6.07, 6.45) is 9.05. The molecule has 1 atom stereocenters. The number of methoxy groups -OCH3 is 1. The number of allylic oxidation sites excluding steroid dienone is 4. The van der Waals surface area contributed by atoms with Crippen LogP contribution < -0.4 is 4.74 Å². The number of carbonyl (C=O) groups is 1. The van der Waals surface area contributed by atoms with E-state index >= 15 is 0 Å². The maximum absolute atomic E-state index is 12.6. The molecule has 0 N–H and O–H groups in total. The lowest BCUT2D eigenvalue weighted by atomic mass is 9.77. The van der Waals surface area contributed by atoms with E-state index in [0.717, 1.165) is 74.6 Å². The number of nitrogens with zero attached hydrogens (tertiary/aromatic N) is 2. The third kappa shape index (κ3) is 4.76. The Morgan fingerprint density at radius 1 is 1.14 bits per heavy atom. The van der Waals surface area contributed by atoms with E-state index in [4.69, 9.17) is 4.74 Å². The molecule has 4 rings (SSSR count). The van der Waals surface area contributed by atoms with Crippen molar-refractivity contribution < 1.29 is 9.53 Å². The molecular weight excluding hydrogens is 444 g/mol. The molecule has 0 spiro atoms. The van der Waals surface area contributed by atoms with Gasteiger partial charge in [0.1, 0.15) is 11.5 Å². The number of hydrogen-bond acceptors (Lipinski definition) is 4. The molecule has 2 aliphatic heterocycles. The minimum Gasteiger partial charge on any atom is -0.496 e. The van der Waals surface area contributed by atoms with Crippen LogP contribution in [-0.4, -0.2) is 42.3 Å². The zero-order chi connectivity index (χ0) is 26.0. The lowest BCUT2D eigenvalue weighted by Gasteiger charge is -2.35. The Balaban J connectivity index is 1.73. The van der Waals surface area contributed by atoms with E-state index in [1.54, 1.807) is 7.11 Å². The number of carbonyl (C=O) groups excluding carboxylic acids is 1. The summed E-state index contributed by atoms with van der Waals surface area (Å²) >= 11 is 0. The van der Waals surface area contributed by atoms with Gasteiger partial charge in [-0.25, -0.2) is 0 Å². The summed E-state index contributed by atoms with van der Waals surface area (Å²) in [6.45, 7) is 21.5. The van der Waals surface area contributed by atoms with E-state index in [0.29, 0.717) is 12.2 Å². The molecule has 0 aromatic heterocycles. The molecule has 0 radical (unpaired) electrons. The standard InChI is InChI=1S/C32H42N2O2/c1-8-15-33(16-9-2)20-29-27(21(4)11-14-32(29)36-7)17-24-19-34-23(6)26-12-13-31(35)25(10-3)28(26)18-30(34)22(24)5/h11,14,17-18,25H,5-6,8-10,12-13,15-16,19-20H2,1-4,7H3/b24-17-. The van der Waals surface area contributed by atoms with Gasteiger partial charge in [-0.3, -0.25) is 9.69 Å². The Kier molecular flexibility index (Phi) is 8.04. The van der Waals surface area contributed by atoms with Gasteiger partial charge in [0.05, 0.1) is 7.11 Å². The maximum atomic E-state index is 12.6. The second-order valence-corrected chi connectivity index (χ2v) is 10.3. The maximum Gasteiger partial charge on any atom is 0.140 e. The summed E-state index contributed by atoms with van der Waals surface area (Å²) in [5.41, 5.74) is 10.5. The number of Topliss-reactive ketones (excluding diaryl/α,β-unsaturated/α-hetero) is 1. The third-order valence-corrected chi connectivity index (χ3v) is 7.96. The van der Waals surface area contributed by atoms with Crippen molar-refractivity contribution in [2.75, 3.05) is 26.7 Å². The van der Waals surface area contributed by atoms with Crippen LogP contribution in [0.5, 0.6) is 5.75 Å². The normalized spacial score (nSPS) is 20.9. The first kappa shape index (κ1) is 26.2. The summed E-state index contributed by atoms with van der Waals surface area (Å²) in [5, 5.41) is 0. The van der Waals surface area contributed by atoms with Gasteiger partial charge in [0, 0.05) is 42.4 Å². The van der Waals surface area contributed by atoms with Crippen molar-refractivity contribution in [3.05, 3.63) is 81.7 Å². The second-order valence-electron chi connectivity index (χ2n) is 10.3. The van der Waals surface area contributed by atoms with E-state index in [9.17, 15) is 4.79 Å². The summed E-state index contributed by atoms with van der Waals surface area (Å²) in [5.74, 6) is 1.28. The minimum atomic E-state index is -0.0173. The molecule has 0 saturated carbocycles. The molecule has 1 saturated heterocycles. The predicted octanol–water partition coefficient (Wildman–Crippen LogP) is 6.98. The Hall–Kier alpha value is -2.85. The zero-order valence-corrected chi connectivity index (χ0v) is 22.9. The van der Waals surface area contributed by atoms with E-state index in [-0.39, 0.29) is 5.92 Å². The second kappa shape index (κ2) is 11.0. The molecule has 0 bridgehead atoms. The van der Waals surface area contributed by atoms with Crippen LogP contribution in [0.25, 0.3) is 6.08 Å². The number of benzene rings is 1. The number of aryl methyl sites for hydroxylation is 1. The first-order chi connectivity index (χ1) is 17.3. The molecule has 3 aliphatic rings. The Morgan fingerprint density at radius 3 is 2.50 bits per heavy atom. The monoisotopic (exact) mass is 486 g/mol. The summed E-state index contributed by atoms with van der Waals surface area (Å²) in [4.78, 5) is 17.4. The quantitative estimate of drug-likeness (QED) is 0.377. The third-order valence-electron chi connectivity index (χ3n) is 7.96. The van der Waals surface area contributed by atoms with E-state index in [2.05, 4.69) is 74.9 Å². The molecule has 4 nitrogen and oxygen atoms in total. The lowest BCUT2D eigenvalue weighted by Crippen LogP contribution is -2.30. The van der Waals surface area contributed by atoms with Crippen LogP contribution in [0.15, 0.2) is 65.1 Å². The highest BCUT2D eigenvalue weighted by molar-refractivity contribution is 5.88. The lowest BCUT2D eigenvalue weighted by molar-refractivity contribution is -0.122. The molecular formula is C32H42N2O2. The molecule has 1 aromatic carbocycles. The van der Waals surface area contributed by atoms with E-state index in [1.165, 1.54) is 33.4 Å². The van der Waals surface area contributed by atoms with Crippen molar-refractivity contribution in [3.8, 4) is 5.75 Å². The molecule has 4 heteroatoms. The molecule has 1 unspecified atom stereocenters. The van der Waals surface area contributed by atoms with Gasteiger partial charge in [-0.15, -0.1) is 0 Å². The summed E-state index contributed by atoms with van der Waals surface area (Å²) in [7, 11) is 1.76. The fourth-order valence-electron chi connectivity index (χ4n) is 6.04. The van der Waals surface area contributed by atoms with Gasteiger partial charge < -0.3 is 9.64 Å². The predicted molar refractivity (Wildman–Crippen MR) is 150 cm³/mol. The largest absolute Gasteiger partial charge is 0.496 e. The van der Waals surface area contributed by atoms with Gasteiger partial charge in [0.25, 0.3) is 0 Å². The van der Waals surface area contributed by atoms with Crippen molar-refractivity contribution in [2.24, 2.45) is 5.92 Å². The highest BCUT2D eigenvalue weighted by Crippen LogP contribution is 2.46. The highest BCUT2D eigenvalue weighted by Gasteiger charge is 2.37. The highest BCUT2D eigenvalue weighted by atomic mass is 16.5. The average Bonchev–Trinajstić information content (AvgIpc) is 3.17. The molecule has 192 valence electrons. The zero-order valence-electron chi connectivity index (χ0n) is 22.9. The number of fused-ring (bicyclic) bond motifs is 1. The van der Waals surface area contributed by atoms with Crippen LogP contribution in [0.1, 0.15) is 69.6 Å². The van der Waals surface area contributed by atoms with Gasteiger partial charge in [0.15, 0.2) is 0 Å². The van der Waals surface area contributed by atoms with Crippen LogP contribution in [0.2, 0.25) is 0 Å². The first-order valence-electron chi connectivity index (χ1n) is 13.6. The summed E-state index contributed by atoms with van der Waals surface area (Å²) < 4.78 is 5.85. The summed E-state index contributed by atoms with van der Waals surface area (Å²) in [6, 6.07) is 4.25. The van der Waals surface area contributed by atoms with Crippen molar-refractivity contribution >= 4 is 11.9 Å². The van der Waals surface area contributed by atoms with Crippen molar-refractivity contribution in [1.82, 2.24) is 9.80 Å². The van der Waals surface area contributed by atoms with Crippen LogP contribution >= 0.6 is 0 Å². The van der Waals surface area contributed by atoms with Crippen molar-refractivity contribution in [1.29, 1.82) is 0 Å².